The molecular formula is C13H14BrN5. The van der Waals surface area contributed by atoms with E-state index >= 15 is 0 Å². The summed E-state index contributed by atoms with van der Waals surface area (Å²) in [5, 5.41) is 0. The van der Waals surface area contributed by atoms with Gasteiger partial charge in [-0.25, -0.2) is 9.97 Å². The van der Waals surface area contributed by atoms with Crippen LogP contribution in [0.2, 0.25) is 0 Å². The van der Waals surface area contributed by atoms with Crippen molar-refractivity contribution in [3.63, 3.8) is 0 Å². The average Bonchev–Trinajstić information content (AvgIpc) is 2.49. The summed E-state index contributed by atoms with van der Waals surface area (Å²) in [4.78, 5) is 17.3. The quantitative estimate of drug-likeness (QED) is 0.846. The van der Waals surface area contributed by atoms with E-state index < -0.39 is 0 Å². The molecule has 0 amide bonds. The van der Waals surface area contributed by atoms with Gasteiger partial charge >= 0.3 is 0 Å². The van der Waals surface area contributed by atoms with Crippen LogP contribution in [0, 0.1) is 0 Å². The molecule has 0 aliphatic carbocycles. The number of piperazine rings is 1. The summed E-state index contributed by atoms with van der Waals surface area (Å²) in [7, 11) is 0. The lowest BCUT2D eigenvalue weighted by atomic mass is 10.3. The van der Waals surface area contributed by atoms with Gasteiger partial charge in [0.15, 0.2) is 0 Å². The van der Waals surface area contributed by atoms with Crippen LogP contribution in [0.25, 0.3) is 0 Å². The van der Waals surface area contributed by atoms with E-state index in [0.717, 1.165) is 36.6 Å². The van der Waals surface area contributed by atoms with E-state index in [0.29, 0.717) is 0 Å². The Balaban J connectivity index is 1.65. The third kappa shape index (κ3) is 2.84. The van der Waals surface area contributed by atoms with E-state index in [2.05, 4.69) is 40.7 Å². The van der Waals surface area contributed by atoms with Gasteiger partial charge < -0.3 is 9.80 Å². The number of hydrogen-bond acceptors (Lipinski definition) is 5. The average molecular weight is 320 g/mol. The van der Waals surface area contributed by atoms with Crippen molar-refractivity contribution in [1.82, 2.24) is 15.0 Å². The maximum atomic E-state index is 4.34. The zero-order valence-electron chi connectivity index (χ0n) is 10.4. The van der Waals surface area contributed by atoms with Crippen LogP contribution in [-0.2, 0) is 0 Å². The first-order valence-electron chi connectivity index (χ1n) is 6.20. The minimum Gasteiger partial charge on any atom is -0.368 e. The smallest absolute Gasteiger partial charge is 0.225 e. The topological polar surface area (TPSA) is 45.2 Å². The number of aromatic nitrogens is 3. The molecule has 6 heteroatoms. The van der Waals surface area contributed by atoms with Crippen LogP contribution in [0.5, 0.6) is 0 Å². The molecule has 0 unspecified atom stereocenters. The van der Waals surface area contributed by atoms with Crippen molar-refractivity contribution >= 4 is 27.6 Å². The molecule has 1 fully saturated rings. The molecule has 1 saturated heterocycles. The van der Waals surface area contributed by atoms with Gasteiger partial charge in [-0.2, -0.15) is 0 Å². The number of pyridine rings is 1. The second kappa shape index (κ2) is 5.52. The van der Waals surface area contributed by atoms with Gasteiger partial charge in [-0.3, -0.25) is 4.98 Å². The molecule has 0 radical (unpaired) electrons. The molecule has 1 aliphatic rings. The standard InChI is InChI=1S/C13H14BrN5/c14-11-9-16-13(17-10-11)19-7-5-18(6-8-19)12-1-3-15-4-2-12/h1-4,9-10H,5-8H2. The Bertz CT molecular complexity index is 522. The molecule has 0 spiro atoms. The van der Waals surface area contributed by atoms with Gasteiger partial charge in [0.25, 0.3) is 0 Å². The summed E-state index contributed by atoms with van der Waals surface area (Å²) in [6.45, 7) is 3.82. The van der Waals surface area contributed by atoms with Crippen LogP contribution in [0.15, 0.2) is 41.4 Å². The first-order chi connectivity index (χ1) is 9.33. The molecule has 5 nitrogen and oxygen atoms in total. The van der Waals surface area contributed by atoms with E-state index in [1.54, 1.807) is 12.4 Å². The van der Waals surface area contributed by atoms with Crippen LogP contribution in [0.1, 0.15) is 0 Å². The van der Waals surface area contributed by atoms with Crippen molar-refractivity contribution in [2.45, 2.75) is 0 Å². The molecule has 3 rings (SSSR count). The largest absolute Gasteiger partial charge is 0.368 e. The first-order valence-corrected chi connectivity index (χ1v) is 7.00. The van der Waals surface area contributed by atoms with E-state index in [4.69, 9.17) is 0 Å². The van der Waals surface area contributed by atoms with Crippen molar-refractivity contribution in [1.29, 1.82) is 0 Å². The fraction of sp³-hybridized carbons (Fsp3) is 0.308. The molecule has 0 saturated carbocycles. The van der Waals surface area contributed by atoms with Gasteiger partial charge in [0, 0.05) is 56.7 Å². The Kier molecular flexibility index (Phi) is 3.59. The first kappa shape index (κ1) is 12.3. The van der Waals surface area contributed by atoms with Gasteiger partial charge in [0.05, 0.1) is 4.47 Å². The molecule has 1 aliphatic heterocycles. The lowest BCUT2D eigenvalue weighted by Gasteiger charge is -2.35. The van der Waals surface area contributed by atoms with Gasteiger partial charge in [0.1, 0.15) is 0 Å². The van der Waals surface area contributed by atoms with Crippen LogP contribution in [0.4, 0.5) is 11.6 Å². The Morgan fingerprint density at radius 1 is 0.895 bits per heavy atom. The monoisotopic (exact) mass is 319 g/mol. The predicted octanol–water partition coefficient (Wildman–Crippen LogP) is 1.96. The Hall–Kier alpha value is -1.69. The molecule has 0 aromatic carbocycles. The number of hydrogen-bond donors (Lipinski definition) is 0. The fourth-order valence-electron chi connectivity index (χ4n) is 2.19. The summed E-state index contributed by atoms with van der Waals surface area (Å²) in [6.07, 6.45) is 7.24. The van der Waals surface area contributed by atoms with Crippen molar-refractivity contribution in [3.05, 3.63) is 41.4 Å². The third-order valence-corrected chi connectivity index (χ3v) is 3.61. The van der Waals surface area contributed by atoms with Crippen molar-refractivity contribution in [2.75, 3.05) is 36.0 Å². The summed E-state index contributed by atoms with van der Waals surface area (Å²) in [5.74, 6) is 0.803. The highest BCUT2D eigenvalue weighted by Crippen LogP contribution is 2.17. The number of nitrogens with zero attached hydrogens (tertiary/aromatic N) is 5. The molecule has 98 valence electrons. The summed E-state index contributed by atoms with van der Waals surface area (Å²) in [5.41, 5.74) is 1.23. The zero-order chi connectivity index (χ0) is 13.1. The van der Waals surface area contributed by atoms with E-state index in [1.807, 2.05) is 24.5 Å². The van der Waals surface area contributed by atoms with Crippen LogP contribution < -0.4 is 9.80 Å². The summed E-state index contributed by atoms with van der Waals surface area (Å²) >= 11 is 3.35. The molecule has 0 bridgehead atoms. The number of anilines is 2. The van der Waals surface area contributed by atoms with Gasteiger partial charge in [-0.1, -0.05) is 0 Å². The highest BCUT2D eigenvalue weighted by atomic mass is 79.9. The number of rotatable bonds is 2. The molecule has 2 aromatic heterocycles. The molecule has 3 heterocycles. The number of halogens is 1. The normalized spacial score (nSPS) is 15.6. The summed E-state index contributed by atoms with van der Waals surface area (Å²) in [6, 6.07) is 4.09. The molecule has 19 heavy (non-hydrogen) atoms. The minimum atomic E-state index is 0.803. The van der Waals surface area contributed by atoms with Gasteiger partial charge in [0.2, 0.25) is 5.95 Å². The Morgan fingerprint density at radius 3 is 2.11 bits per heavy atom. The lowest BCUT2D eigenvalue weighted by molar-refractivity contribution is 0.639. The zero-order valence-corrected chi connectivity index (χ0v) is 12.0. The highest BCUT2D eigenvalue weighted by Gasteiger charge is 2.18. The maximum Gasteiger partial charge on any atom is 0.225 e. The molecular weight excluding hydrogens is 306 g/mol. The van der Waals surface area contributed by atoms with E-state index in [-0.39, 0.29) is 0 Å². The van der Waals surface area contributed by atoms with Gasteiger partial charge in [-0.05, 0) is 28.1 Å². The summed E-state index contributed by atoms with van der Waals surface area (Å²) < 4.78 is 0.909. The van der Waals surface area contributed by atoms with Crippen molar-refractivity contribution in [2.24, 2.45) is 0 Å². The van der Waals surface area contributed by atoms with E-state index in [1.165, 1.54) is 5.69 Å². The second-order valence-corrected chi connectivity index (χ2v) is 5.30. The Morgan fingerprint density at radius 2 is 1.47 bits per heavy atom. The van der Waals surface area contributed by atoms with Crippen LogP contribution in [0.3, 0.4) is 0 Å². The Labute approximate surface area is 120 Å². The van der Waals surface area contributed by atoms with Crippen LogP contribution in [-0.4, -0.2) is 41.1 Å². The molecule has 0 atom stereocenters. The van der Waals surface area contributed by atoms with Gasteiger partial charge in [-0.15, -0.1) is 0 Å². The highest BCUT2D eigenvalue weighted by molar-refractivity contribution is 9.10. The molecule has 0 N–H and O–H groups in total. The van der Waals surface area contributed by atoms with Crippen LogP contribution >= 0.6 is 15.9 Å². The maximum absolute atomic E-state index is 4.34. The lowest BCUT2D eigenvalue weighted by Crippen LogP contribution is -2.47. The predicted molar refractivity (Wildman–Crippen MR) is 78.4 cm³/mol. The third-order valence-electron chi connectivity index (χ3n) is 3.20. The van der Waals surface area contributed by atoms with E-state index in [9.17, 15) is 0 Å². The second-order valence-electron chi connectivity index (χ2n) is 4.38. The van der Waals surface area contributed by atoms with Crippen molar-refractivity contribution < 1.29 is 0 Å². The SMILES string of the molecule is Brc1cnc(N2CCN(c3ccncc3)CC2)nc1. The fourth-order valence-corrected chi connectivity index (χ4v) is 2.39. The van der Waals surface area contributed by atoms with Crippen molar-refractivity contribution in [3.8, 4) is 0 Å². The molecule has 2 aromatic rings. The minimum absolute atomic E-state index is 0.803.